The Bertz CT molecular complexity index is 919. The number of benzene rings is 2. The van der Waals surface area contributed by atoms with Gasteiger partial charge in [0.25, 0.3) is 0 Å². The topological polar surface area (TPSA) is 86.5 Å². The molecule has 8 heteroatoms. The van der Waals surface area contributed by atoms with Crippen LogP contribution in [0.4, 0.5) is 6.01 Å². The van der Waals surface area contributed by atoms with Gasteiger partial charge in [-0.25, -0.2) is 0 Å². The van der Waals surface area contributed by atoms with Gasteiger partial charge in [0.1, 0.15) is 11.5 Å². The molecule has 2 aromatic carbocycles. The summed E-state index contributed by atoms with van der Waals surface area (Å²) in [6.07, 6.45) is 0.224. The van der Waals surface area contributed by atoms with Gasteiger partial charge >= 0.3 is 6.01 Å². The summed E-state index contributed by atoms with van der Waals surface area (Å²) >= 11 is 1.76. The van der Waals surface area contributed by atoms with E-state index in [4.69, 9.17) is 13.9 Å². The third-order valence-electron chi connectivity index (χ3n) is 3.87. The summed E-state index contributed by atoms with van der Waals surface area (Å²) in [4.78, 5) is 13.4. The summed E-state index contributed by atoms with van der Waals surface area (Å²) in [6, 6.07) is 13.2. The molecule has 28 heavy (non-hydrogen) atoms. The van der Waals surface area contributed by atoms with Crippen molar-refractivity contribution >= 4 is 23.7 Å². The van der Waals surface area contributed by atoms with Crippen molar-refractivity contribution in [1.29, 1.82) is 0 Å². The monoisotopic (exact) mass is 399 g/mol. The Morgan fingerprint density at radius 2 is 1.75 bits per heavy atom. The molecule has 0 saturated heterocycles. The molecule has 0 unspecified atom stereocenters. The van der Waals surface area contributed by atoms with E-state index < -0.39 is 0 Å². The largest absolute Gasteiger partial charge is 0.497 e. The molecule has 0 aliphatic rings. The first kappa shape index (κ1) is 19.8. The molecular formula is C20H21N3O4S. The molecule has 1 heterocycles. The van der Waals surface area contributed by atoms with E-state index in [2.05, 4.69) is 22.4 Å². The molecule has 0 aliphatic carbocycles. The predicted octanol–water partition coefficient (Wildman–Crippen LogP) is 4.05. The summed E-state index contributed by atoms with van der Waals surface area (Å²) in [7, 11) is 3.12. The number of ether oxygens (including phenoxy) is 2. The van der Waals surface area contributed by atoms with E-state index in [0.717, 1.165) is 11.3 Å². The van der Waals surface area contributed by atoms with Crippen molar-refractivity contribution in [3.63, 3.8) is 0 Å². The number of hydrogen-bond donors (Lipinski definition) is 1. The number of anilines is 1. The number of hydrogen-bond acceptors (Lipinski definition) is 7. The van der Waals surface area contributed by atoms with Crippen LogP contribution in [0.2, 0.25) is 0 Å². The number of carbonyl (C=O) groups is 1. The predicted molar refractivity (Wildman–Crippen MR) is 108 cm³/mol. The summed E-state index contributed by atoms with van der Waals surface area (Å²) in [5.41, 5.74) is 1.54. The Hall–Kier alpha value is -3.00. The minimum absolute atomic E-state index is 0.0416. The van der Waals surface area contributed by atoms with Crippen LogP contribution in [0, 0.1) is 0 Å². The van der Waals surface area contributed by atoms with Crippen LogP contribution in [0.1, 0.15) is 12.5 Å². The number of amides is 1. The molecule has 0 bridgehead atoms. The Balaban J connectivity index is 1.66. The van der Waals surface area contributed by atoms with Crippen molar-refractivity contribution in [2.45, 2.75) is 18.2 Å². The summed E-state index contributed by atoms with van der Waals surface area (Å²) in [5.74, 6) is 2.24. The van der Waals surface area contributed by atoms with Crippen LogP contribution in [0.25, 0.3) is 11.5 Å². The number of nitrogens with zero attached hydrogens (tertiary/aromatic N) is 2. The number of methoxy groups -OCH3 is 2. The number of thioether (sulfide) groups is 1. The summed E-state index contributed by atoms with van der Waals surface area (Å²) in [5, 5.41) is 10.5. The van der Waals surface area contributed by atoms with Gasteiger partial charge in [-0.05, 0) is 35.6 Å². The zero-order valence-corrected chi connectivity index (χ0v) is 16.7. The van der Waals surface area contributed by atoms with E-state index in [-0.39, 0.29) is 24.2 Å². The highest BCUT2D eigenvalue weighted by atomic mass is 32.2. The maximum Gasteiger partial charge on any atom is 0.322 e. The van der Waals surface area contributed by atoms with Crippen LogP contribution >= 0.6 is 11.8 Å². The van der Waals surface area contributed by atoms with Gasteiger partial charge in [-0.3, -0.25) is 10.1 Å². The van der Waals surface area contributed by atoms with Crippen molar-refractivity contribution < 1.29 is 18.7 Å². The molecule has 1 aromatic heterocycles. The lowest BCUT2D eigenvalue weighted by atomic mass is 10.1. The minimum atomic E-state index is -0.227. The Labute approximate surface area is 167 Å². The third-order valence-corrected chi connectivity index (χ3v) is 4.76. The van der Waals surface area contributed by atoms with Crippen molar-refractivity contribution in [3.05, 3.63) is 48.0 Å². The Morgan fingerprint density at radius 1 is 1.07 bits per heavy atom. The van der Waals surface area contributed by atoms with Crippen LogP contribution in [-0.2, 0) is 11.2 Å². The lowest BCUT2D eigenvalue weighted by molar-refractivity contribution is -0.115. The second-order valence-corrected chi connectivity index (χ2v) is 7.15. The fourth-order valence-electron chi connectivity index (χ4n) is 2.54. The van der Waals surface area contributed by atoms with Crippen LogP contribution in [0.3, 0.4) is 0 Å². The molecular weight excluding hydrogens is 378 g/mol. The van der Waals surface area contributed by atoms with Crippen molar-refractivity contribution in [2.24, 2.45) is 0 Å². The number of aromatic nitrogens is 2. The molecule has 0 radical (unpaired) electrons. The van der Waals surface area contributed by atoms with E-state index in [1.807, 2.05) is 24.3 Å². The summed E-state index contributed by atoms with van der Waals surface area (Å²) in [6.45, 7) is 2.10. The normalized spacial score (nSPS) is 10.5. The van der Waals surface area contributed by atoms with E-state index in [1.165, 1.54) is 4.90 Å². The van der Waals surface area contributed by atoms with E-state index in [1.54, 1.807) is 44.2 Å². The van der Waals surface area contributed by atoms with Gasteiger partial charge in [-0.2, -0.15) is 0 Å². The first-order valence-corrected chi connectivity index (χ1v) is 9.68. The molecule has 0 spiro atoms. The molecule has 146 valence electrons. The fraction of sp³-hybridized carbons (Fsp3) is 0.250. The highest BCUT2D eigenvalue weighted by Crippen LogP contribution is 2.29. The van der Waals surface area contributed by atoms with Gasteiger partial charge in [-0.1, -0.05) is 24.2 Å². The SMILES string of the molecule is CCSc1ccc(CC(=O)Nc2nnc(-c3cc(OC)cc(OC)c3)o2)cc1. The van der Waals surface area contributed by atoms with Gasteiger partial charge in [0.15, 0.2) is 0 Å². The number of carbonyl (C=O) groups excluding carboxylic acids is 1. The second-order valence-electron chi connectivity index (χ2n) is 5.82. The molecule has 0 fully saturated rings. The lowest BCUT2D eigenvalue weighted by Gasteiger charge is -2.05. The smallest absolute Gasteiger partial charge is 0.322 e. The Kier molecular flexibility index (Phi) is 6.54. The fourth-order valence-corrected chi connectivity index (χ4v) is 3.20. The van der Waals surface area contributed by atoms with Crippen LogP contribution in [0.15, 0.2) is 51.8 Å². The number of nitrogens with one attached hydrogen (secondary N) is 1. The average molecular weight is 399 g/mol. The zero-order chi connectivity index (χ0) is 19.9. The van der Waals surface area contributed by atoms with Crippen LogP contribution < -0.4 is 14.8 Å². The third kappa shape index (κ3) is 5.04. The van der Waals surface area contributed by atoms with Crippen molar-refractivity contribution in [2.75, 3.05) is 25.3 Å². The minimum Gasteiger partial charge on any atom is -0.497 e. The van der Waals surface area contributed by atoms with Gasteiger partial charge in [-0.15, -0.1) is 16.9 Å². The number of rotatable bonds is 8. The van der Waals surface area contributed by atoms with Gasteiger partial charge in [0, 0.05) is 16.5 Å². The maximum absolute atomic E-state index is 12.3. The molecule has 3 rings (SSSR count). The quantitative estimate of drug-likeness (QED) is 0.572. The first-order chi connectivity index (χ1) is 13.6. The highest BCUT2D eigenvalue weighted by molar-refractivity contribution is 7.99. The molecule has 0 saturated carbocycles. The van der Waals surface area contributed by atoms with E-state index >= 15 is 0 Å². The molecule has 3 aromatic rings. The highest BCUT2D eigenvalue weighted by Gasteiger charge is 2.14. The first-order valence-electron chi connectivity index (χ1n) is 8.69. The van der Waals surface area contributed by atoms with Crippen molar-refractivity contribution in [1.82, 2.24) is 10.2 Å². The molecule has 0 aliphatic heterocycles. The molecule has 1 N–H and O–H groups in total. The van der Waals surface area contributed by atoms with Crippen molar-refractivity contribution in [3.8, 4) is 23.0 Å². The molecule has 7 nitrogen and oxygen atoms in total. The standard InChI is InChI=1S/C20H21N3O4S/c1-4-28-17-7-5-13(6-8-17)9-18(24)21-20-23-22-19(27-20)14-10-15(25-2)12-16(11-14)26-3/h5-8,10-12H,4,9H2,1-3H3,(H,21,23,24). The van der Waals surface area contributed by atoms with Gasteiger partial charge in [0.05, 0.1) is 20.6 Å². The van der Waals surface area contributed by atoms with Crippen LogP contribution in [0.5, 0.6) is 11.5 Å². The van der Waals surface area contributed by atoms with E-state index in [0.29, 0.717) is 17.1 Å². The summed E-state index contributed by atoms with van der Waals surface area (Å²) < 4.78 is 16.0. The zero-order valence-electron chi connectivity index (χ0n) is 15.9. The second kappa shape index (κ2) is 9.27. The van der Waals surface area contributed by atoms with Gasteiger partial charge in [0.2, 0.25) is 11.8 Å². The van der Waals surface area contributed by atoms with E-state index in [9.17, 15) is 4.79 Å². The molecule has 1 amide bonds. The van der Waals surface area contributed by atoms with Crippen LogP contribution in [-0.4, -0.2) is 36.1 Å². The molecule has 0 atom stereocenters. The lowest BCUT2D eigenvalue weighted by Crippen LogP contribution is -2.14. The maximum atomic E-state index is 12.3. The average Bonchev–Trinajstić information content (AvgIpc) is 3.17. The Morgan fingerprint density at radius 3 is 2.36 bits per heavy atom. The van der Waals surface area contributed by atoms with Gasteiger partial charge < -0.3 is 13.9 Å².